The summed E-state index contributed by atoms with van der Waals surface area (Å²) in [5.41, 5.74) is 6.14. The van der Waals surface area contributed by atoms with E-state index < -0.39 is 5.82 Å². The molecule has 3 nitrogen and oxygen atoms in total. The second kappa shape index (κ2) is 6.75. The molecule has 0 spiro atoms. The Morgan fingerprint density at radius 2 is 2.00 bits per heavy atom. The molecule has 2 aromatic carbocycles. The van der Waals surface area contributed by atoms with E-state index in [1.165, 1.54) is 18.2 Å². The van der Waals surface area contributed by atoms with E-state index in [1.54, 1.807) is 6.07 Å². The zero-order valence-corrected chi connectivity index (χ0v) is 14.4. The van der Waals surface area contributed by atoms with Crippen molar-refractivity contribution < 1.29 is 9.13 Å². The lowest BCUT2D eigenvalue weighted by molar-refractivity contribution is 0.435. The normalized spacial score (nSPS) is 10.3. The molecule has 21 heavy (non-hydrogen) atoms. The van der Waals surface area contributed by atoms with Gasteiger partial charge in [-0.25, -0.2) is 4.39 Å². The van der Waals surface area contributed by atoms with Crippen LogP contribution in [0, 0.1) is 17.1 Å². The van der Waals surface area contributed by atoms with Crippen molar-refractivity contribution in [1.29, 1.82) is 5.26 Å². The van der Waals surface area contributed by atoms with Crippen molar-refractivity contribution in [2.24, 2.45) is 5.73 Å². The van der Waals surface area contributed by atoms with Crippen molar-refractivity contribution >= 4 is 43.5 Å². The molecule has 0 fully saturated rings. The van der Waals surface area contributed by atoms with Gasteiger partial charge in [-0.2, -0.15) is 5.26 Å². The highest BCUT2D eigenvalue weighted by Gasteiger charge is 2.17. The molecule has 2 rings (SSSR count). The monoisotopic (exact) mass is 432 g/mol. The van der Waals surface area contributed by atoms with E-state index in [1.807, 2.05) is 6.07 Å². The summed E-state index contributed by atoms with van der Waals surface area (Å²) in [7, 11) is 0. The van der Waals surface area contributed by atoms with Gasteiger partial charge in [0.25, 0.3) is 0 Å². The summed E-state index contributed by atoms with van der Waals surface area (Å²) in [4.78, 5) is 0. The van der Waals surface area contributed by atoms with Gasteiger partial charge < -0.3 is 10.5 Å². The smallest absolute Gasteiger partial charge is 0.178 e. The average Bonchev–Trinajstić information content (AvgIpc) is 2.46. The number of halogens is 4. The first kappa shape index (κ1) is 16.2. The quantitative estimate of drug-likeness (QED) is 0.682. The zero-order valence-electron chi connectivity index (χ0n) is 10.5. The van der Waals surface area contributed by atoms with Crippen LogP contribution in [0.3, 0.4) is 0 Å². The third-order valence-corrected chi connectivity index (χ3v) is 4.79. The number of hydrogen-bond acceptors (Lipinski definition) is 3. The number of hydrogen-bond donors (Lipinski definition) is 1. The van der Waals surface area contributed by atoms with Crippen LogP contribution in [0.5, 0.6) is 11.5 Å². The van der Waals surface area contributed by atoms with E-state index >= 15 is 0 Å². The Labute approximate surface area is 142 Å². The third-order valence-electron chi connectivity index (χ3n) is 2.63. The van der Waals surface area contributed by atoms with E-state index in [2.05, 4.69) is 31.9 Å². The number of nitrogens with two attached hydrogens (primary N) is 1. The van der Waals surface area contributed by atoms with Crippen LogP contribution >= 0.6 is 43.5 Å². The van der Waals surface area contributed by atoms with Crippen molar-refractivity contribution in [3.05, 3.63) is 55.2 Å². The first-order chi connectivity index (χ1) is 9.96. The van der Waals surface area contributed by atoms with Gasteiger partial charge in [0.15, 0.2) is 11.6 Å². The Bertz CT molecular complexity index is 747. The fourth-order valence-corrected chi connectivity index (χ4v) is 2.72. The van der Waals surface area contributed by atoms with Gasteiger partial charge in [0.2, 0.25) is 0 Å². The summed E-state index contributed by atoms with van der Waals surface area (Å²) in [5.74, 6) is -0.318. The summed E-state index contributed by atoms with van der Waals surface area (Å²) in [6.45, 7) is 0.0348. The molecule has 2 N–H and O–H groups in total. The first-order valence-corrected chi connectivity index (χ1v) is 7.67. The molecule has 0 saturated heterocycles. The molecule has 0 radical (unpaired) electrons. The number of benzene rings is 2. The fourth-order valence-electron chi connectivity index (χ4n) is 1.67. The van der Waals surface area contributed by atoms with E-state index in [0.29, 0.717) is 25.1 Å². The van der Waals surface area contributed by atoms with E-state index in [9.17, 15) is 4.39 Å². The molecule has 0 aliphatic rings. The maximum Gasteiger partial charge on any atom is 0.178 e. The molecule has 0 aromatic heterocycles. The number of ether oxygens (including phenoxy) is 1. The van der Waals surface area contributed by atoms with Crippen LogP contribution in [-0.2, 0) is 6.54 Å². The largest absolute Gasteiger partial charge is 0.453 e. The highest BCUT2D eigenvalue weighted by Crippen LogP contribution is 2.40. The molecule has 0 aliphatic heterocycles. The van der Waals surface area contributed by atoms with Crippen molar-refractivity contribution in [2.45, 2.75) is 6.54 Å². The van der Waals surface area contributed by atoms with Gasteiger partial charge in [0.05, 0.1) is 16.1 Å². The van der Waals surface area contributed by atoms with Crippen LogP contribution in [-0.4, -0.2) is 0 Å². The van der Waals surface area contributed by atoms with Crippen LogP contribution in [0.2, 0.25) is 5.02 Å². The van der Waals surface area contributed by atoms with E-state index in [4.69, 9.17) is 27.3 Å². The molecular weight excluding hydrogens is 426 g/mol. The molecule has 0 amide bonds. The predicted molar refractivity (Wildman–Crippen MR) is 85.9 cm³/mol. The van der Waals surface area contributed by atoms with Gasteiger partial charge in [0.1, 0.15) is 5.75 Å². The summed E-state index contributed by atoms with van der Waals surface area (Å²) in [6, 6.07) is 7.99. The molecule has 0 aliphatic carbocycles. The van der Waals surface area contributed by atoms with Gasteiger partial charge in [0, 0.05) is 21.6 Å². The van der Waals surface area contributed by atoms with E-state index in [0.717, 1.165) is 0 Å². The molecule has 7 heteroatoms. The Hall–Kier alpha value is -1.13. The number of nitrogens with zero attached hydrogens (tertiary/aromatic N) is 1. The highest BCUT2D eigenvalue weighted by atomic mass is 79.9. The minimum atomic E-state index is -0.564. The van der Waals surface area contributed by atoms with E-state index in [-0.39, 0.29) is 18.0 Å². The highest BCUT2D eigenvalue weighted by molar-refractivity contribution is 9.13. The second-order valence-corrected chi connectivity index (χ2v) is 6.15. The minimum Gasteiger partial charge on any atom is -0.453 e. The van der Waals surface area contributed by atoms with Gasteiger partial charge in [-0.1, -0.05) is 11.6 Å². The van der Waals surface area contributed by atoms with Gasteiger partial charge in [-0.15, -0.1) is 0 Å². The average molecular weight is 434 g/mol. The predicted octanol–water partition coefficient (Wildman–Crippen LogP) is 5.13. The van der Waals surface area contributed by atoms with Crippen LogP contribution in [0.1, 0.15) is 11.1 Å². The van der Waals surface area contributed by atoms with Gasteiger partial charge >= 0.3 is 0 Å². The molecule has 0 heterocycles. The fraction of sp³-hybridized carbons (Fsp3) is 0.0714. The summed E-state index contributed by atoms with van der Waals surface area (Å²) in [6.07, 6.45) is 0. The molecular formula is C14H8Br2ClFN2O. The Balaban J connectivity index is 2.52. The van der Waals surface area contributed by atoms with Crippen molar-refractivity contribution in [3.63, 3.8) is 0 Å². The van der Waals surface area contributed by atoms with Crippen LogP contribution in [0.15, 0.2) is 33.2 Å². The maximum atomic E-state index is 14.3. The first-order valence-electron chi connectivity index (χ1n) is 5.71. The van der Waals surface area contributed by atoms with Crippen molar-refractivity contribution in [2.75, 3.05) is 0 Å². The Morgan fingerprint density at radius 3 is 2.62 bits per heavy atom. The lowest BCUT2D eigenvalue weighted by atomic mass is 10.2. The zero-order chi connectivity index (χ0) is 15.6. The number of rotatable bonds is 3. The topological polar surface area (TPSA) is 59.0 Å². The maximum absolute atomic E-state index is 14.3. The summed E-state index contributed by atoms with van der Waals surface area (Å²) < 4.78 is 20.9. The van der Waals surface area contributed by atoms with Gasteiger partial charge in [-0.05, 0) is 56.1 Å². The molecule has 0 bridgehead atoms. The van der Waals surface area contributed by atoms with Crippen LogP contribution in [0.25, 0.3) is 0 Å². The summed E-state index contributed by atoms with van der Waals surface area (Å²) in [5, 5.41) is 9.24. The number of nitriles is 1. The SMILES string of the molecule is N#Cc1cc(Cl)cc(Oc2c(F)c(CN)cc(Br)c2Br)c1. The van der Waals surface area contributed by atoms with Crippen LogP contribution in [0.4, 0.5) is 4.39 Å². The molecule has 0 atom stereocenters. The van der Waals surface area contributed by atoms with Crippen LogP contribution < -0.4 is 10.5 Å². The Morgan fingerprint density at radius 1 is 1.29 bits per heavy atom. The Kier molecular flexibility index (Phi) is 5.22. The molecule has 108 valence electrons. The molecule has 0 saturated carbocycles. The molecule has 0 unspecified atom stereocenters. The standard InChI is InChI=1S/C14H8Br2ClFN2O/c15-11-3-8(6-20)13(18)14(12(11)16)21-10-2-7(5-19)1-9(17)4-10/h1-4H,6,20H2. The molecule has 2 aromatic rings. The second-order valence-electron chi connectivity index (χ2n) is 4.07. The summed E-state index contributed by atoms with van der Waals surface area (Å²) >= 11 is 12.5. The minimum absolute atomic E-state index is 0.0176. The van der Waals surface area contributed by atoms with Gasteiger partial charge in [-0.3, -0.25) is 0 Å². The third kappa shape index (κ3) is 3.55. The van der Waals surface area contributed by atoms with Crippen molar-refractivity contribution in [1.82, 2.24) is 0 Å². The van der Waals surface area contributed by atoms with Crippen molar-refractivity contribution in [3.8, 4) is 17.6 Å². The lowest BCUT2D eigenvalue weighted by Crippen LogP contribution is -2.02. The lowest BCUT2D eigenvalue weighted by Gasteiger charge is -2.13.